The zero-order valence-corrected chi connectivity index (χ0v) is 18.1. The van der Waals surface area contributed by atoms with E-state index in [2.05, 4.69) is 0 Å². The molecule has 0 radical (unpaired) electrons. The van der Waals surface area contributed by atoms with E-state index in [0.29, 0.717) is 9.79 Å². The number of hydrogen-bond donors (Lipinski definition) is 1. The van der Waals surface area contributed by atoms with Crippen LogP contribution in [0.3, 0.4) is 0 Å². The van der Waals surface area contributed by atoms with Gasteiger partial charge in [0.2, 0.25) is 0 Å². The van der Waals surface area contributed by atoms with Crippen LogP contribution >= 0.6 is 35.0 Å². The van der Waals surface area contributed by atoms with Crippen LogP contribution in [0, 0.1) is 0 Å². The SMILES string of the molecule is Cn1c(=O)[nH]c(=O)n(-c2cc(Cl)c(Sc3ccc(S(C)(=O)=O)cc3)c(Cl)c2)c1=O. The molecule has 0 bridgehead atoms. The molecule has 29 heavy (non-hydrogen) atoms. The summed E-state index contributed by atoms with van der Waals surface area (Å²) in [6, 6.07) is 8.92. The van der Waals surface area contributed by atoms with Gasteiger partial charge < -0.3 is 0 Å². The number of aromatic amines is 1. The molecule has 0 amide bonds. The van der Waals surface area contributed by atoms with E-state index in [0.717, 1.165) is 15.4 Å². The van der Waals surface area contributed by atoms with Crippen LogP contribution in [0.2, 0.25) is 10.0 Å². The van der Waals surface area contributed by atoms with Crippen molar-refractivity contribution in [2.24, 2.45) is 7.05 Å². The van der Waals surface area contributed by atoms with Crippen molar-refractivity contribution in [3.8, 4) is 5.69 Å². The summed E-state index contributed by atoms with van der Waals surface area (Å²) in [5.74, 6) is 0. The second-order valence-corrected chi connectivity index (χ2v) is 9.91. The number of sulfone groups is 1. The topological polar surface area (TPSA) is 111 Å². The van der Waals surface area contributed by atoms with Crippen molar-refractivity contribution in [1.29, 1.82) is 0 Å². The normalized spacial score (nSPS) is 11.6. The van der Waals surface area contributed by atoms with Crippen molar-refractivity contribution in [1.82, 2.24) is 14.1 Å². The molecule has 2 aromatic carbocycles. The number of hydrogen-bond acceptors (Lipinski definition) is 6. The number of nitrogens with one attached hydrogen (secondary N) is 1. The minimum Gasteiger partial charge on any atom is -0.258 e. The highest BCUT2D eigenvalue weighted by atomic mass is 35.5. The van der Waals surface area contributed by atoms with Gasteiger partial charge in [0.15, 0.2) is 9.84 Å². The van der Waals surface area contributed by atoms with Crippen molar-refractivity contribution >= 4 is 44.8 Å². The van der Waals surface area contributed by atoms with E-state index in [4.69, 9.17) is 23.2 Å². The maximum atomic E-state index is 12.3. The number of rotatable bonds is 4. The Balaban J connectivity index is 2.04. The van der Waals surface area contributed by atoms with Gasteiger partial charge >= 0.3 is 17.1 Å². The van der Waals surface area contributed by atoms with E-state index < -0.39 is 26.9 Å². The molecule has 0 aliphatic rings. The standard InChI is InChI=1S/C17H13Cl2N3O5S2/c1-21-15(23)20-16(24)22(17(21)25)9-7-12(18)14(13(19)8-9)28-10-3-5-11(6-4-10)29(2,26)27/h3-8H,1-2H3,(H,20,23,24). The third-order valence-corrected chi connectivity index (χ3v) is 7.01. The molecule has 0 aliphatic heterocycles. The Morgan fingerprint density at radius 2 is 1.52 bits per heavy atom. The van der Waals surface area contributed by atoms with Crippen LogP contribution in [-0.4, -0.2) is 28.8 Å². The van der Waals surface area contributed by atoms with Gasteiger partial charge in [0.25, 0.3) is 0 Å². The van der Waals surface area contributed by atoms with Gasteiger partial charge in [-0.05, 0) is 36.4 Å². The van der Waals surface area contributed by atoms with Gasteiger partial charge in [-0.3, -0.25) is 4.98 Å². The first kappa shape index (κ1) is 21.4. The van der Waals surface area contributed by atoms with E-state index in [1.165, 1.54) is 43.1 Å². The van der Waals surface area contributed by atoms with E-state index >= 15 is 0 Å². The van der Waals surface area contributed by atoms with Crippen molar-refractivity contribution in [3.05, 3.63) is 77.9 Å². The molecule has 0 atom stereocenters. The first-order chi connectivity index (χ1) is 13.5. The van der Waals surface area contributed by atoms with Gasteiger partial charge in [0, 0.05) is 23.1 Å². The second-order valence-electron chi connectivity index (χ2n) is 6.00. The third kappa shape index (κ3) is 4.35. The lowest BCUT2D eigenvalue weighted by atomic mass is 10.3. The van der Waals surface area contributed by atoms with Crippen molar-refractivity contribution in [2.75, 3.05) is 6.26 Å². The molecule has 1 heterocycles. The Kier molecular flexibility index (Phi) is 5.81. The fourth-order valence-electron chi connectivity index (χ4n) is 2.43. The second kappa shape index (κ2) is 7.86. The van der Waals surface area contributed by atoms with Gasteiger partial charge in [-0.25, -0.2) is 31.9 Å². The molecule has 0 unspecified atom stereocenters. The van der Waals surface area contributed by atoms with Gasteiger partial charge in [0.05, 0.1) is 20.6 Å². The van der Waals surface area contributed by atoms with Crippen LogP contribution in [0.4, 0.5) is 0 Å². The highest BCUT2D eigenvalue weighted by Crippen LogP contribution is 2.40. The average Bonchev–Trinajstić information content (AvgIpc) is 2.62. The molecule has 1 aromatic heterocycles. The average molecular weight is 474 g/mol. The molecule has 0 fully saturated rings. The van der Waals surface area contributed by atoms with E-state index in [1.54, 1.807) is 12.1 Å². The maximum Gasteiger partial charge on any atom is 0.340 e. The number of aromatic nitrogens is 3. The van der Waals surface area contributed by atoms with Gasteiger partial charge in [-0.2, -0.15) is 0 Å². The summed E-state index contributed by atoms with van der Waals surface area (Å²) < 4.78 is 24.6. The predicted molar refractivity (Wildman–Crippen MR) is 112 cm³/mol. The largest absolute Gasteiger partial charge is 0.340 e. The molecular weight excluding hydrogens is 461 g/mol. The highest BCUT2D eigenvalue weighted by Gasteiger charge is 2.15. The van der Waals surface area contributed by atoms with Crippen molar-refractivity contribution in [2.45, 2.75) is 14.7 Å². The summed E-state index contributed by atoms with van der Waals surface area (Å²) in [6.07, 6.45) is 1.12. The maximum absolute atomic E-state index is 12.3. The Labute approximate surface area is 178 Å². The van der Waals surface area contributed by atoms with Crippen LogP contribution in [0.1, 0.15) is 0 Å². The Morgan fingerprint density at radius 3 is 2.03 bits per heavy atom. The molecule has 3 rings (SSSR count). The van der Waals surface area contributed by atoms with Crippen LogP contribution < -0.4 is 17.1 Å². The van der Waals surface area contributed by atoms with Crippen LogP contribution in [0.5, 0.6) is 0 Å². The van der Waals surface area contributed by atoms with Gasteiger partial charge in [-0.1, -0.05) is 35.0 Å². The van der Waals surface area contributed by atoms with Crippen molar-refractivity contribution < 1.29 is 8.42 Å². The van der Waals surface area contributed by atoms with E-state index in [9.17, 15) is 22.8 Å². The predicted octanol–water partition coefficient (Wildman–Crippen LogP) is 2.09. The zero-order chi connectivity index (χ0) is 21.5. The van der Waals surface area contributed by atoms with Crippen molar-refractivity contribution in [3.63, 3.8) is 0 Å². The Hall–Kier alpha value is -2.27. The highest BCUT2D eigenvalue weighted by molar-refractivity contribution is 7.99. The Morgan fingerprint density at radius 1 is 0.966 bits per heavy atom. The fraction of sp³-hybridized carbons (Fsp3) is 0.118. The molecule has 0 aliphatic carbocycles. The summed E-state index contributed by atoms with van der Waals surface area (Å²) in [5.41, 5.74) is -2.50. The van der Waals surface area contributed by atoms with Crippen LogP contribution in [0.15, 0.2) is 65.5 Å². The molecule has 0 spiro atoms. The first-order valence-corrected chi connectivity index (χ1v) is 11.3. The number of H-pyrrole nitrogens is 1. The summed E-state index contributed by atoms with van der Waals surface area (Å²) in [4.78, 5) is 39.2. The molecule has 0 saturated carbocycles. The molecular formula is C17H13Cl2N3O5S2. The van der Waals surface area contributed by atoms with Gasteiger partial charge in [0.1, 0.15) is 0 Å². The third-order valence-electron chi connectivity index (χ3n) is 3.91. The summed E-state index contributed by atoms with van der Waals surface area (Å²) >= 11 is 13.8. The molecule has 152 valence electrons. The number of halogens is 2. The zero-order valence-electron chi connectivity index (χ0n) is 15.0. The number of benzene rings is 2. The fourth-order valence-corrected chi connectivity index (χ4v) is 4.59. The van der Waals surface area contributed by atoms with Crippen LogP contribution in [0.25, 0.3) is 5.69 Å². The lowest BCUT2D eigenvalue weighted by molar-refractivity contribution is 0.602. The minimum atomic E-state index is -3.31. The lowest BCUT2D eigenvalue weighted by Crippen LogP contribution is -2.47. The molecule has 3 aromatic rings. The van der Waals surface area contributed by atoms with Crippen LogP contribution in [-0.2, 0) is 16.9 Å². The summed E-state index contributed by atoms with van der Waals surface area (Å²) in [7, 11) is -2.08. The summed E-state index contributed by atoms with van der Waals surface area (Å²) in [6.45, 7) is 0. The van der Waals surface area contributed by atoms with Gasteiger partial charge in [-0.15, -0.1) is 0 Å². The smallest absolute Gasteiger partial charge is 0.258 e. The number of nitrogens with zero attached hydrogens (tertiary/aromatic N) is 2. The first-order valence-electron chi connectivity index (χ1n) is 7.89. The van der Waals surface area contributed by atoms with E-state index in [-0.39, 0.29) is 20.6 Å². The lowest BCUT2D eigenvalue weighted by Gasteiger charge is -2.11. The Bertz CT molecular complexity index is 1370. The molecule has 12 heteroatoms. The van der Waals surface area contributed by atoms with E-state index in [1.807, 2.05) is 4.98 Å². The molecule has 1 N–H and O–H groups in total. The minimum absolute atomic E-state index is 0.0959. The monoisotopic (exact) mass is 473 g/mol. The quantitative estimate of drug-likeness (QED) is 0.620. The molecule has 8 nitrogen and oxygen atoms in total. The summed E-state index contributed by atoms with van der Waals surface area (Å²) in [5, 5.41) is 0.342. The molecule has 0 saturated heterocycles.